The van der Waals surface area contributed by atoms with Gasteiger partial charge in [0.15, 0.2) is 0 Å². The average molecular weight is 326 g/mol. The standard InChI is InChI=1S/C14H19ClF3NO2/c1-2-6-19-9-11-4-3-5-12(15)13(11)21-8-7-20-10-14(16,17)18/h3-5,19H,2,6-10H2,1H3. The maximum absolute atomic E-state index is 11.9. The quantitative estimate of drug-likeness (QED) is 0.701. The fraction of sp³-hybridized carbons (Fsp3) is 0.571. The summed E-state index contributed by atoms with van der Waals surface area (Å²) in [4.78, 5) is 0. The van der Waals surface area contributed by atoms with Crippen molar-refractivity contribution < 1.29 is 22.6 Å². The molecule has 0 aromatic heterocycles. The Kier molecular flexibility index (Phi) is 7.85. The van der Waals surface area contributed by atoms with E-state index in [1.54, 1.807) is 12.1 Å². The lowest BCUT2D eigenvalue weighted by Crippen LogP contribution is -2.20. The van der Waals surface area contributed by atoms with Crippen LogP contribution < -0.4 is 10.1 Å². The van der Waals surface area contributed by atoms with Gasteiger partial charge in [-0.25, -0.2) is 0 Å². The van der Waals surface area contributed by atoms with Crippen LogP contribution >= 0.6 is 11.6 Å². The Balaban J connectivity index is 2.45. The Labute approximate surface area is 127 Å². The van der Waals surface area contributed by atoms with Crippen molar-refractivity contribution in [2.24, 2.45) is 0 Å². The molecular weight excluding hydrogens is 307 g/mol. The number of alkyl halides is 3. The van der Waals surface area contributed by atoms with Crippen molar-refractivity contribution in [3.05, 3.63) is 28.8 Å². The Morgan fingerprint density at radius 3 is 2.67 bits per heavy atom. The summed E-state index contributed by atoms with van der Waals surface area (Å²) in [5.74, 6) is 0.485. The van der Waals surface area contributed by atoms with Gasteiger partial charge in [-0.3, -0.25) is 0 Å². The Hall–Kier alpha value is -0.980. The Morgan fingerprint density at radius 2 is 2.00 bits per heavy atom. The third-order valence-electron chi connectivity index (χ3n) is 2.53. The van der Waals surface area contributed by atoms with E-state index in [9.17, 15) is 13.2 Å². The van der Waals surface area contributed by atoms with Gasteiger partial charge in [-0.2, -0.15) is 13.2 Å². The molecule has 120 valence electrons. The second-order valence-electron chi connectivity index (χ2n) is 4.42. The van der Waals surface area contributed by atoms with Crippen molar-refractivity contribution in [1.82, 2.24) is 5.32 Å². The molecule has 1 N–H and O–H groups in total. The van der Waals surface area contributed by atoms with Gasteiger partial charge in [0.05, 0.1) is 11.6 Å². The van der Waals surface area contributed by atoms with Crippen LogP contribution in [0, 0.1) is 0 Å². The first-order valence-electron chi connectivity index (χ1n) is 6.69. The predicted octanol–water partition coefficient (Wildman–Crippen LogP) is 3.80. The van der Waals surface area contributed by atoms with Gasteiger partial charge in [0, 0.05) is 12.1 Å². The van der Waals surface area contributed by atoms with E-state index in [0.717, 1.165) is 18.5 Å². The highest BCUT2D eigenvalue weighted by Crippen LogP contribution is 2.28. The van der Waals surface area contributed by atoms with E-state index in [-0.39, 0.29) is 13.2 Å². The SMILES string of the molecule is CCCNCc1cccc(Cl)c1OCCOCC(F)(F)F. The maximum Gasteiger partial charge on any atom is 0.411 e. The van der Waals surface area contributed by atoms with E-state index in [1.807, 2.05) is 6.07 Å². The van der Waals surface area contributed by atoms with E-state index in [1.165, 1.54) is 0 Å². The van der Waals surface area contributed by atoms with E-state index in [4.69, 9.17) is 16.3 Å². The first kappa shape index (κ1) is 18.1. The number of halogens is 4. The minimum absolute atomic E-state index is 0.0145. The van der Waals surface area contributed by atoms with Gasteiger partial charge in [-0.05, 0) is 19.0 Å². The molecule has 0 radical (unpaired) electrons. The number of nitrogens with one attached hydrogen (secondary N) is 1. The molecule has 0 aliphatic heterocycles. The summed E-state index contributed by atoms with van der Waals surface area (Å²) in [6.07, 6.45) is -3.32. The van der Waals surface area contributed by atoms with Crippen molar-refractivity contribution >= 4 is 11.6 Å². The van der Waals surface area contributed by atoms with Gasteiger partial charge in [-0.15, -0.1) is 0 Å². The van der Waals surface area contributed by atoms with E-state index in [0.29, 0.717) is 17.3 Å². The molecular formula is C14H19ClF3NO2. The highest BCUT2D eigenvalue weighted by atomic mass is 35.5. The summed E-state index contributed by atoms with van der Waals surface area (Å²) in [5.41, 5.74) is 0.867. The van der Waals surface area contributed by atoms with E-state index >= 15 is 0 Å². The molecule has 1 aromatic carbocycles. The molecule has 0 bridgehead atoms. The van der Waals surface area contributed by atoms with Crippen molar-refractivity contribution in [3.63, 3.8) is 0 Å². The number of rotatable bonds is 9. The summed E-state index contributed by atoms with van der Waals surface area (Å²) in [6, 6.07) is 5.34. The fourth-order valence-electron chi connectivity index (χ4n) is 1.64. The lowest BCUT2D eigenvalue weighted by Gasteiger charge is -2.14. The zero-order valence-corrected chi connectivity index (χ0v) is 12.6. The molecule has 0 saturated carbocycles. The molecule has 1 rings (SSSR count). The summed E-state index contributed by atoms with van der Waals surface area (Å²) in [7, 11) is 0. The van der Waals surface area contributed by atoms with Crippen LogP contribution in [0.3, 0.4) is 0 Å². The van der Waals surface area contributed by atoms with Crippen LogP contribution in [0.4, 0.5) is 13.2 Å². The molecule has 7 heteroatoms. The second-order valence-corrected chi connectivity index (χ2v) is 4.83. The Morgan fingerprint density at radius 1 is 1.24 bits per heavy atom. The maximum atomic E-state index is 11.9. The lowest BCUT2D eigenvalue weighted by atomic mass is 10.2. The van der Waals surface area contributed by atoms with Crippen LogP contribution in [0.15, 0.2) is 18.2 Å². The topological polar surface area (TPSA) is 30.5 Å². The van der Waals surface area contributed by atoms with Gasteiger partial charge in [0.25, 0.3) is 0 Å². The number of hydrogen-bond acceptors (Lipinski definition) is 3. The third-order valence-corrected chi connectivity index (χ3v) is 2.83. The summed E-state index contributed by atoms with van der Waals surface area (Å²) in [6.45, 7) is 2.10. The van der Waals surface area contributed by atoms with Crippen molar-refractivity contribution in [3.8, 4) is 5.75 Å². The molecule has 0 amide bonds. The summed E-state index contributed by atoms with van der Waals surface area (Å²) < 4.78 is 45.7. The Bertz CT molecular complexity index is 427. The zero-order valence-electron chi connectivity index (χ0n) is 11.8. The first-order valence-corrected chi connectivity index (χ1v) is 7.07. The van der Waals surface area contributed by atoms with Crippen LogP contribution in [0.1, 0.15) is 18.9 Å². The smallest absolute Gasteiger partial charge is 0.411 e. The molecule has 1 aromatic rings. The molecule has 0 saturated heterocycles. The average Bonchev–Trinajstić information content (AvgIpc) is 2.40. The molecule has 21 heavy (non-hydrogen) atoms. The fourth-order valence-corrected chi connectivity index (χ4v) is 1.89. The molecule has 0 unspecified atom stereocenters. The second kappa shape index (κ2) is 9.12. The summed E-state index contributed by atoms with van der Waals surface area (Å²) >= 11 is 6.05. The number of para-hydroxylation sites is 1. The molecule has 0 aliphatic carbocycles. The lowest BCUT2D eigenvalue weighted by molar-refractivity contribution is -0.175. The van der Waals surface area contributed by atoms with Gasteiger partial charge in [0.1, 0.15) is 19.0 Å². The minimum Gasteiger partial charge on any atom is -0.489 e. The third kappa shape index (κ3) is 7.55. The van der Waals surface area contributed by atoms with Crippen molar-refractivity contribution in [2.75, 3.05) is 26.4 Å². The zero-order chi connectivity index (χ0) is 15.7. The predicted molar refractivity (Wildman–Crippen MR) is 75.8 cm³/mol. The molecule has 0 atom stereocenters. The number of ether oxygens (including phenoxy) is 2. The van der Waals surface area contributed by atoms with E-state index in [2.05, 4.69) is 17.0 Å². The summed E-state index contributed by atoms with van der Waals surface area (Å²) in [5, 5.41) is 3.65. The van der Waals surface area contributed by atoms with Crippen molar-refractivity contribution in [2.45, 2.75) is 26.1 Å². The molecule has 0 aliphatic rings. The van der Waals surface area contributed by atoms with Crippen molar-refractivity contribution in [1.29, 1.82) is 0 Å². The molecule has 0 spiro atoms. The molecule has 0 heterocycles. The van der Waals surface area contributed by atoms with Gasteiger partial charge < -0.3 is 14.8 Å². The molecule has 0 fully saturated rings. The van der Waals surface area contributed by atoms with Gasteiger partial charge >= 0.3 is 6.18 Å². The first-order chi connectivity index (χ1) is 9.94. The normalized spacial score (nSPS) is 11.7. The van der Waals surface area contributed by atoms with Crippen LogP contribution in [0.2, 0.25) is 5.02 Å². The van der Waals surface area contributed by atoms with Crippen LogP contribution in [0.25, 0.3) is 0 Å². The minimum atomic E-state index is -4.32. The molecule has 3 nitrogen and oxygen atoms in total. The highest BCUT2D eigenvalue weighted by Gasteiger charge is 2.27. The highest BCUT2D eigenvalue weighted by molar-refractivity contribution is 6.32. The van der Waals surface area contributed by atoms with Crippen LogP contribution in [-0.4, -0.2) is 32.5 Å². The van der Waals surface area contributed by atoms with Gasteiger partial charge in [-0.1, -0.05) is 30.7 Å². The number of hydrogen-bond donors (Lipinski definition) is 1. The van der Waals surface area contributed by atoms with E-state index < -0.39 is 12.8 Å². The van der Waals surface area contributed by atoms with Crippen LogP contribution in [0.5, 0.6) is 5.75 Å². The number of benzene rings is 1. The van der Waals surface area contributed by atoms with Crippen LogP contribution in [-0.2, 0) is 11.3 Å². The largest absolute Gasteiger partial charge is 0.489 e. The van der Waals surface area contributed by atoms with Gasteiger partial charge in [0.2, 0.25) is 0 Å². The monoisotopic (exact) mass is 325 g/mol.